The number of unbranched alkanes of at least 4 members (excludes halogenated alkanes) is 8. The molecule has 0 heterocycles. The van der Waals surface area contributed by atoms with Crippen LogP contribution >= 0.6 is 0 Å². The summed E-state index contributed by atoms with van der Waals surface area (Å²) in [6, 6.07) is -0.435. The van der Waals surface area contributed by atoms with Gasteiger partial charge in [-0.1, -0.05) is 72.1 Å². The maximum atomic E-state index is 12.4. The van der Waals surface area contributed by atoms with Crippen molar-refractivity contribution in [3.05, 3.63) is 0 Å². The van der Waals surface area contributed by atoms with Crippen molar-refractivity contribution in [1.82, 2.24) is 10.6 Å². The zero-order valence-electron chi connectivity index (χ0n) is 19.6. The number of nitrogens with zero attached hydrogens (tertiary/aromatic N) is 1. The van der Waals surface area contributed by atoms with Crippen LogP contribution in [0.4, 0.5) is 0 Å². The highest BCUT2D eigenvalue weighted by molar-refractivity contribution is 5.87. The van der Waals surface area contributed by atoms with Crippen molar-refractivity contribution in [3.63, 3.8) is 0 Å². The van der Waals surface area contributed by atoms with Crippen LogP contribution in [0.1, 0.15) is 91.4 Å². The second kappa shape index (κ2) is 15.8. The molecular formula is C23H48N3O2+. The van der Waals surface area contributed by atoms with E-state index in [2.05, 4.69) is 38.7 Å². The molecule has 0 spiro atoms. The van der Waals surface area contributed by atoms with Crippen molar-refractivity contribution < 1.29 is 14.1 Å². The van der Waals surface area contributed by atoms with E-state index >= 15 is 0 Å². The largest absolute Gasteiger partial charge is 0.354 e. The Morgan fingerprint density at radius 3 is 1.86 bits per heavy atom. The summed E-state index contributed by atoms with van der Waals surface area (Å²) < 4.78 is 0.888. The van der Waals surface area contributed by atoms with Gasteiger partial charge in [0.05, 0.1) is 27.7 Å². The van der Waals surface area contributed by atoms with E-state index < -0.39 is 6.04 Å². The number of carbonyl (C=O) groups is 2. The first-order valence-electron chi connectivity index (χ1n) is 11.5. The third-order valence-electron chi connectivity index (χ3n) is 5.08. The molecule has 2 N–H and O–H groups in total. The molecule has 0 fully saturated rings. The van der Waals surface area contributed by atoms with Crippen LogP contribution in [0.15, 0.2) is 0 Å². The minimum absolute atomic E-state index is 0.00292. The van der Waals surface area contributed by atoms with Gasteiger partial charge in [-0.25, -0.2) is 0 Å². The van der Waals surface area contributed by atoms with Crippen LogP contribution < -0.4 is 10.6 Å². The molecule has 1 atom stereocenters. The summed E-state index contributed by atoms with van der Waals surface area (Å²) in [4.78, 5) is 24.7. The highest BCUT2D eigenvalue weighted by Crippen LogP contribution is 2.11. The first-order valence-corrected chi connectivity index (χ1v) is 11.5. The van der Waals surface area contributed by atoms with Crippen LogP contribution in [0.25, 0.3) is 0 Å². The molecule has 0 aromatic heterocycles. The Balaban J connectivity index is 3.95. The van der Waals surface area contributed by atoms with Gasteiger partial charge in [-0.3, -0.25) is 9.59 Å². The first-order chi connectivity index (χ1) is 13.2. The molecule has 5 nitrogen and oxygen atoms in total. The van der Waals surface area contributed by atoms with E-state index in [1.165, 1.54) is 44.9 Å². The van der Waals surface area contributed by atoms with Crippen LogP contribution in [0.3, 0.4) is 0 Å². The average Bonchev–Trinajstić information content (AvgIpc) is 2.60. The highest BCUT2D eigenvalue weighted by atomic mass is 16.2. The molecule has 0 aliphatic heterocycles. The Bertz CT molecular complexity index is 417. The van der Waals surface area contributed by atoms with Crippen LogP contribution in [0, 0.1) is 5.92 Å². The fourth-order valence-corrected chi connectivity index (χ4v) is 3.25. The van der Waals surface area contributed by atoms with Crippen molar-refractivity contribution in [1.29, 1.82) is 0 Å². The maximum Gasteiger partial charge on any atom is 0.242 e. The third kappa shape index (κ3) is 15.9. The normalized spacial score (nSPS) is 12.8. The van der Waals surface area contributed by atoms with Crippen molar-refractivity contribution in [3.8, 4) is 0 Å². The molecule has 0 saturated carbocycles. The van der Waals surface area contributed by atoms with Crippen molar-refractivity contribution >= 4 is 11.8 Å². The second-order valence-electron chi connectivity index (χ2n) is 9.53. The van der Waals surface area contributed by atoms with Gasteiger partial charge in [0.2, 0.25) is 11.8 Å². The lowest BCUT2D eigenvalue weighted by atomic mass is 10.0. The molecule has 0 unspecified atom stereocenters. The summed E-state index contributed by atoms with van der Waals surface area (Å²) in [5, 5.41) is 5.93. The van der Waals surface area contributed by atoms with Crippen LogP contribution in [0.2, 0.25) is 0 Å². The van der Waals surface area contributed by atoms with Crippen LogP contribution in [-0.4, -0.2) is 56.6 Å². The Hall–Kier alpha value is -1.10. The van der Waals surface area contributed by atoms with Crippen LogP contribution in [0.5, 0.6) is 0 Å². The van der Waals surface area contributed by atoms with Crippen molar-refractivity contribution in [2.45, 2.75) is 97.4 Å². The van der Waals surface area contributed by atoms with E-state index in [9.17, 15) is 9.59 Å². The second-order valence-corrected chi connectivity index (χ2v) is 9.53. The number of nitrogens with one attached hydrogen (secondary N) is 2. The van der Waals surface area contributed by atoms with E-state index in [4.69, 9.17) is 0 Å². The van der Waals surface area contributed by atoms with E-state index in [0.717, 1.165) is 30.3 Å². The zero-order valence-corrected chi connectivity index (χ0v) is 19.6. The summed E-state index contributed by atoms with van der Waals surface area (Å²) in [6.07, 6.45) is 12.6. The number of quaternary nitrogens is 1. The number of hydrogen-bond acceptors (Lipinski definition) is 2. The number of rotatable bonds is 17. The van der Waals surface area contributed by atoms with Crippen molar-refractivity contribution in [2.24, 2.45) is 5.92 Å². The van der Waals surface area contributed by atoms with E-state index in [1.807, 2.05) is 13.8 Å². The third-order valence-corrected chi connectivity index (χ3v) is 5.08. The highest BCUT2D eigenvalue weighted by Gasteiger charge is 2.23. The summed E-state index contributed by atoms with van der Waals surface area (Å²) in [7, 11) is 6.43. The van der Waals surface area contributed by atoms with Gasteiger partial charge >= 0.3 is 0 Å². The molecule has 0 aromatic carbocycles. The van der Waals surface area contributed by atoms with Gasteiger partial charge in [0.1, 0.15) is 6.04 Å². The molecule has 0 radical (unpaired) electrons. The molecule has 0 aliphatic rings. The lowest BCUT2D eigenvalue weighted by Crippen LogP contribution is -2.50. The van der Waals surface area contributed by atoms with Crippen molar-refractivity contribution in [2.75, 3.05) is 34.2 Å². The van der Waals surface area contributed by atoms with E-state index in [-0.39, 0.29) is 17.7 Å². The van der Waals surface area contributed by atoms with Gasteiger partial charge in [0, 0.05) is 19.4 Å². The summed E-state index contributed by atoms with van der Waals surface area (Å²) in [6.45, 7) is 7.87. The minimum atomic E-state index is -0.435. The van der Waals surface area contributed by atoms with Crippen LogP contribution in [-0.2, 0) is 9.59 Å². The number of amides is 2. The van der Waals surface area contributed by atoms with Gasteiger partial charge in [0.25, 0.3) is 0 Å². The molecule has 0 aromatic rings. The average molecular weight is 399 g/mol. The Kier molecular flexibility index (Phi) is 15.2. The first kappa shape index (κ1) is 26.9. The van der Waals surface area contributed by atoms with Gasteiger partial charge in [-0.2, -0.15) is 0 Å². The molecule has 166 valence electrons. The molecule has 0 bridgehead atoms. The Morgan fingerprint density at radius 1 is 0.821 bits per heavy atom. The Morgan fingerprint density at radius 2 is 1.36 bits per heavy atom. The topological polar surface area (TPSA) is 58.2 Å². The fourth-order valence-electron chi connectivity index (χ4n) is 3.25. The summed E-state index contributed by atoms with van der Waals surface area (Å²) in [5.41, 5.74) is 0. The van der Waals surface area contributed by atoms with E-state index in [1.54, 1.807) is 0 Å². The fraction of sp³-hybridized carbons (Fsp3) is 0.913. The standard InChI is InChI=1S/C23H47N3O2/c1-7-8-9-10-11-12-13-14-15-17-21(27)25-22(20(2)3)23(28)24-18-16-19-26(4,5)6/h20,22H,7-19H2,1-6H3,(H-,24,25,27,28)/p+1/t22-/m0/s1. The van der Waals surface area contributed by atoms with Gasteiger partial charge in [-0.05, 0) is 12.3 Å². The predicted octanol–water partition coefficient (Wildman–Crippen LogP) is 4.26. The number of carbonyl (C=O) groups excluding carboxylic acids is 2. The quantitative estimate of drug-likeness (QED) is 0.284. The lowest BCUT2D eigenvalue weighted by Gasteiger charge is -2.25. The van der Waals surface area contributed by atoms with Gasteiger partial charge in [0.15, 0.2) is 0 Å². The molecule has 2 amide bonds. The smallest absolute Gasteiger partial charge is 0.242 e. The number of hydrogen-bond donors (Lipinski definition) is 2. The zero-order chi connectivity index (χ0) is 21.4. The Labute approximate surface area is 174 Å². The molecule has 5 heteroatoms. The van der Waals surface area contributed by atoms with Gasteiger partial charge < -0.3 is 15.1 Å². The SMILES string of the molecule is CCCCCCCCCCCC(=O)N[C@H](C(=O)NCCC[N+](C)(C)C)C(C)C. The maximum absolute atomic E-state index is 12.4. The molecule has 28 heavy (non-hydrogen) atoms. The monoisotopic (exact) mass is 398 g/mol. The molecule has 0 aliphatic carbocycles. The summed E-state index contributed by atoms with van der Waals surface area (Å²) >= 11 is 0. The lowest BCUT2D eigenvalue weighted by molar-refractivity contribution is -0.870. The van der Waals surface area contributed by atoms with E-state index in [0.29, 0.717) is 13.0 Å². The minimum Gasteiger partial charge on any atom is -0.354 e. The summed E-state index contributed by atoms with van der Waals surface area (Å²) in [5.74, 6) is 0.0328. The molecular weight excluding hydrogens is 350 g/mol. The van der Waals surface area contributed by atoms with Gasteiger partial charge in [-0.15, -0.1) is 0 Å². The molecule has 0 rings (SSSR count). The molecule has 0 saturated heterocycles. The predicted molar refractivity (Wildman–Crippen MR) is 119 cm³/mol.